The Morgan fingerprint density at radius 2 is 1.64 bits per heavy atom. The molecule has 8 heteroatoms. The Morgan fingerprint density at radius 3 is 2.39 bits per heavy atom. The molecule has 5 aromatic rings. The first-order valence-electron chi connectivity index (χ1n) is 11.3. The van der Waals surface area contributed by atoms with E-state index in [0.29, 0.717) is 39.0 Å². The number of nitrogens with one attached hydrogen (secondary N) is 1. The van der Waals surface area contributed by atoms with Crippen LogP contribution in [0.2, 0.25) is 10.0 Å². The number of pyridine rings is 1. The van der Waals surface area contributed by atoms with Crippen LogP contribution in [0.25, 0.3) is 11.0 Å². The van der Waals surface area contributed by atoms with Crippen LogP contribution in [0.4, 0.5) is 4.39 Å². The van der Waals surface area contributed by atoms with Gasteiger partial charge in [-0.1, -0.05) is 71.7 Å². The van der Waals surface area contributed by atoms with Crippen molar-refractivity contribution in [3.8, 4) is 0 Å². The van der Waals surface area contributed by atoms with Gasteiger partial charge in [-0.3, -0.25) is 9.78 Å². The number of carbonyl (C=O) groups excluding carboxylic acids is 1. The van der Waals surface area contributed by atoms with Crippen molar-refractivity contribution in [2.45, 2.75) is 19.0 Å². The average molecular weight is 519 g/mol. The molecule has 0 aliphatic rings. The van der Waals surface area contributed by atoms with Crippen molar-refractivity contribution in [1.29, 1.82) is 0 Å². The Bertz CT molecular complexity index is 1520. The highest BCUT2D eigenvalue weighted by Crippen LogP contribution is 2.33. The largest absolute Gasteiger partial charge is 0.350 e. The fraction of sp³-hybridized carbons (Fsp3) is 0.107. The van der Waals surface area contributed by atoms with Crippen LogP contribution >= 0.6 is 23.2 Å². The maximum Gasteiger partial charge on any atom is 0.248 e. The smallest absolute Gasteiger partial charge is 0.248 e. The van der Waals surface area contributed by atoms with Crippen LogP contribution in [0.15, 0.2) is 91.3 Å². The number of hydrogen-bond donors (Lipinski definition) is 1. The van der Waals surface area contributed by atoms with Crippen LogP contribution in [0.5, 0.6) is 0 Å². The minimum absolute atomic E-state index is 0.178. The molecule has 0 saturated heterocycles. The Labute approximate surface area is 217 Å². The third-order valence-electron chi connectivity index (χ3n) is 5.95. The number of hydrogen-bond acceptors (Lipinski definition) is 3. The number of carbonyl (C=O) groups is 1. The van der Waals surface area contributed by atoms with Gasteiger partial charge in [-0.2, -0.15) is 0 Å². The predicted molar refractivity (Wildman–Crippen MR) is 140 cm³/mol. The molecule has 5 rings (SSSR count). The maximum absolute atomic E-state index is 14.6. The normalized spacial score (nSPS) is 12.0. The highest BCUT2D eigenvalue weighted by molar-refractivity contribution is 6.42. The van der Waals surface area contributed by atoms with E-state index in [0.717, 1.165) is 11.1 Å². The number of rotatable bonds is 7. The Balaban J connectivity index is 1.65. The Kier molecular flexibility index (Phi) is 6.98. The molecule has 180 valence electrons. The topological polar surface area (TPSA) is 59.8 Å². The zero-order valence-corrected chi connectivity index (χ0v) is 20.5. The van der Waals surface area contributed by atoms with Crippen molar-refractivity contribution < 1.29 is 9.18 Å². The molecule has 0 saturated carbocycles. The lowest BCUT2D eigenvalue weighted by Gasteiger charge is -2.22. The summed E-state index contributed by atoms with van der Waals surface area (Å²) in [5, 5.41) is 3.72. The van der Waals surface area contributed by atoms with Crippen molar-refractivity contribution in [3.63, 3.8) is 0 Å². The molecule has 0 radical (unpaired) electrons. The van der Waals surface area contributed by atoms with Gasteiger partial charge in [-0.25, -0.2) is 9.37 Å². The summed E-state index contributed by atoms with van der Waals surface area (Å²) in [5.41, 5.74) is 3.34. The first kappa shape index (κ1) is 24.0. The molecule has 2 aromatic heterocycles. The third kappa shape index (κ3) is 4.96. The monoisotopic (exact) mass is 518 g/mol. The summed E-state index contributed by atoms with van der Waals surface area (Å²) < 4.78 is 16.4. The SMILES string of the molecule is O=C(NCc1ccncc1)C(c1ccccc1)n1c(Cc2ccccc2F)nc2cc(Cl)c(Cl)cc21. The lowest BCUT2D eigenvalue weighted by Crippen LogP contribution is -2.33. The quantitative estimate of drug-likeness (QED) is 0.272. The Hall–Kier alpha value is -3.74. The summed E-state index contributed by atoms with van der Waals surface area (Å²) in [4.78, 5) is 22.6. The second-order valence-electron chi connectivity index (χ2n) is 8.31. The lowest BCUT2D eigenvalue weighted by molar-refractivity contribution is -0.123. The second kappa shape index (κ2) is 10.5. The van der Waals surface area contributed by atoms with Crippen LogP contribution in [0, 0.1) is 5.82 Å². The first-order chi connectivity index (χ1) is 17.5. The van der Waals surface area contributed by atoms with Gasteiger partial charge in [0.25, 0.3) is 0 Å². The van der Waals surface area contributed by atoms with E-state index in [1.165, 1.54) is 6.07 Å². The van der Waals surface area contributed by atoms with Crippen molar-refractivity contribution in [3.05, 3.63) is 130 Å². The molecule has 0 aliphatic carbocycles. The minimum Gasteiger partial charge on any atom is -0.350 e. The van der Waals surface area contributed by atoms with Gasteiger partial charge in [-0.05, 0) is 47.0 Å². The third-order valence-corrected chi connectivity index (χ3v) is 6.67. The highest BCUT2D eigenvalue weighted by atomic mass is 35.5. The van der Waals surface area contributed by atoms with Gasteiger partial charge in [0.15, 0.2) is 0 Å². The summed E-state index contributed by atoms with van der Waals surface area (Å²) >= 11 is 12.7. The number of imidazole rings is 1. The fourth-order valence-electron chi connectivity index (χ4n) is 4.20. The standard InChI is InChI=1S/C28H21Cl2FN4O/c29-21-15-24-25(16-22(21)30)35(26(34-24)14-20-8-4-5-9-23(20)31)27(19-6-2-1-3-7-19)28(36)33-17-18-10-12-32-13-11-18/h1-13,15-16,27H,14,17H2,(H,33,36). The van der Waals surface area contributed by atoms with E-state index in [4.69, 9.17) is 28.2 Å². The van der Waals surface area contributed by atoms with Crippen molar-refractivity contribution >= 4 is 40.1 Å². The molecule has 0 fully saturated rings. The van der Waals surface area contributed by atoms with E-state index < -0.39 is 6.04 Å². The number of aromatic nitrogens is 3. The van der Waals surface area contributed by atoms with Gasteiger partial charge in [0, 0.05) is 25.4 Å². The number of nitrogens with zero attached hydrogens (tertiary/aromatic N) is 3. The van der Waals surface area contributed by atoms with Crippen molar-refractivity contribution in [2.24, 2.45) is 0 Å². The molecule has 0 bridgehead atoms. The molecular weight excluding hydrogens is 498 g/mol. The number of benzene rings is 3. The van der Waals surface area contributed by atoms with E-state index in [2.05, 4.69) is 10.3 Å². The summed E-state index contributed by atoms with van der Waals surface area (Å²) in [7, 11) is 0. The maximum atomic E-state index is 14.6. The molecule has 1 N–H and O–H groups in total. The van der Waals surface area contributed by atoms with Gasteiger partial charge in [0.2, 0.25) is 5.91 Å². The molecule has 36 heavy (non-hydrogen) atoms. The molecule has 1 atom stereocenters. The molecular formula is C28H21Cl2FN4O. The molecule has 5 nitrogen and oxygen atoms in total. The first-order valence-corrected chi connectivity index (χ1v) is 12.1. The van der Waals surface area contributed by atoms with E-state index >= 15 is 0 Å². The van der Waals surface area contributed by atoms with Gasteiger partial charge < -0.3 is 9.88 Å². The number of fused-ring (bicyclic) bond motifs is 1. The molecule has 3 aromatic carbocycles. The lowest BCUT2D eigenvalue weighted by atomic mass is 10.0. The van der Waals surface area contributed by atoms with Crippen LogP contribution in [0.3, 0.4) is 0 Å². The second-order valence-corrected chi connectivity index (χ2v) is 9.12. The van der Waals surface area contributed by atoms with E-state index in [9.17, 15) is 9.18 Å². The van der Waals surface area contributed by atoms with E-state index in [-0.39, 0.29) is 18.1 Å². The van der Waals surface area contributed by atoms with Crippen molar-refractivity contribution in [2.75, 3.05) is 0 Å². The van der Waals surface area contributed by atoms with Crippen LogP contribution in [-0.2, 0) is 17.8 Å². The van der Waals surface area contributed by atoms with Crippen LogP contribution < -0.4 is 5.32 Å². The average Bonchev–Trinajstić information content (AvgIpc) is 3.22. The summed E-state index contributed by atoms with van der Waals surface area (Å²) in [6, 6.07) is 22.2. The zero-order chi connectivity index (χ0) is 25.1. The highest BCUT2D eigenvalue weighted by Gasteiger charge is 2.28. The number of amides is 1. The fourth-order valence-corrected chi connectivity index (χ4v) is 4.52. The van der Waals surface area contributed by atoms with Gasteiger partial charge in [0.1, 0.15) is 17.7 Å². The Morgan fingerprint density at radius 1 is 0.944 bits per heavy atom. The van der Waals surface area contributed by atoms with Crippen LogP contribution in [0.1, 0.15) is 28.6 Å². The molecule has 0 spiro atoms. The van der Waals surface area contributed by atoms with E-state index in [1.54, 1.807) is 42.7 Å². The van der Waals surface area contributed by atoms with Crippen molar-refractivity contribution in [1.82, 2.24) is 19.9 Å². The van der Waals surface area contributed by atoms with Gasteiger partial charge in [0.05, 0.1) is 21.1 Å². The molecule has 1 amide bonds. The van der Waals surface area contributed by atoms with Gasteiger partial charge >= 0.3 is 0 Å². The summed E-state index contributed by atoms with van der Waals surface area (Å²) in [6.45, 7) is 0.326. The molecule has 1 unspecified atom stereocenters. The predicted octanol–water partition coefficient (Wildman–Crippen LogP) is 6.37. The molecule has 0 aliphatic heterocycles. The van der Waals surface area contributed by atoms with Crippen LogP contribution in [-0.4, -0.2) is 20.4 Å². The van der Waals surface area contributed by atoms with E-state index in [1.807, 2.05) is 47.0 Å². The van der Waals surface area contributed by atoms with Gasteiger partial charge in [-0.15, -0.1) is 0 Å². The summed E-state index contributed by atoms with van der Waals surface area (Å²) in [5.74, 6) is -0.0647. The zero-order valence-electron chi connectivity index (χ0n) is 19.0. The minimum atomic E-state index is -0.781. The molecule has 2 heterocycles. The summed E-state index contributed by atoms with van der Waals surface area (Å²) in [6.07, 6.45) is 3.53. The number of halogens is 3.